The molecule has 0 bridgehead atoms. The average molecular weight is 593 g/mol. The van der Waals surface area contributed by atoms with Gasteiger partial charge in [-0.1, -0.05) is 133 Å². The first-order valence-electron chi connectivity index (χ1n) is 15.3. The Morgan fingerprint density at radius 1 is 0.400 bits per heavy atom. The summed E-state index contributed by atoms with van der Waals surface area (Å²) in [5.74, 6) is 0. The van der Waals surface area contributed by atoms with E-state index in [0.717, 1.165) is 11.4 Å². The highest BCUT2D eigenvalue weighted by Crippen LogP contribution is 2.55. The maximum atomic E-state index is 2.47. The fraction of sp³-hybridized carbons (Fsp3) is 0. The molecule has 1 aliphatic heterocycles. The summed E-state index contributed by atoms with van der Waals surface area (Å²) < 4.78 is 2.47. The molecule has 212 valence electrons. The van der Waals surface area contributed by atoms with Gasteiger partial charge < -0.3 is 9.47 Å². The average Bonchev–Trinajstić information content (AvgIpc) is 3.46. The van der Waals surface area contributed by atoms with Crippen LogP contribution in [0.5, 0.6) is 0 Å². The van der Waals surface area contributed by atoms with E-state index in [1.54, 1.807) is 0 Å². The van der Waals surface area contributed by atoms with Crippen LogP contribution in [-0.4, -0.2) is 4.57 Å². The maximum Gasteiger partial charge on any atom is 0.0701 e. The second kappa shape index (κ2) is 10.6. The molecule has 2 heterocycles. The molecule has 1 aliphatic rings. The summed E-state index contributed by atoms with van der Waals surface area (Å²) in [6, 6.07) is 61.3. The van der Waals surface area contributed by atoms with Crippen LogP contribution >= 0.6 is 11.8 Å². The van der Waals surface area contributed by atoms with Crippen molar-refractivity contribution in [2.45, 2.75) is 9.79 Å². The monoisotopic (exact) mass is 592 g/mol. The van der Waals surface area contributed by atoms with Crippen molar-refractivity contribution in [3.63, 3.8) is 0 Å². The van der Waals surface area contributed by atoms with E-state index in [9.17, 15) is 0 Å². The zero-order valence-corrected chi connectivity index (χ0v) is 25.3. The lowest BCUT2D eigenvalue weighted by Gasteiger charge is -2.33. The van der Waals surface area contributed by atoms with Crippen LogP contribution in [0.25, 0.3) is 49.7 Å². The van der Waals surface area contributed by atoms with Crippen LogP contribution in [0, 0.1) is 0 Å². The smallest absolute Gasteiger partial charge is 0.0701 e. The minimum atomic E-state index is 1.15. The maximum absolute atomic E-state index is 2.47. The highest BCUT2D eigenvalue weighted by molar-refractivity contribution is 8.00. The standard InChI is InChI=1S/C42H28N2S/c1-3-12-29(13-4-1)31-22-24-33(25-23-31)43-38-20-9-10-21-40(38)45-42-39(43)27-26-36-35-18-7-8-19-37(35)44(41(36)42)34-17-11-16-32(28-34)30-14-5-2-6-15-30/h1-28H. The zero-order chi connectivity index (χ0) is 29.7. The van der Waals surface area contributed by atoms with E-state index in [0.29, 0.717) is 0 Å². The van der Waals surface area contributed by atoms with Gasteiger partial charge in [-0.15, -0.1) is 0 Å². The number of aromatic nitrogens is 1. The Bertz CT molecular complexity index is 2340. The third kappa shape index (κ3) is 4.28. The van der Waals surface area contributed by atoms with Crippen LogP contribution in [0.1, 0.15) is 0 Å². The lowest BCUT2D eigenvalue weighted by molar-refractivity contribution is 1.13. The predicted octanol–water partition coefficient (Wildman–Crippen LogP) is 12.1. The Kier molecular flexibility index (Phi) is 6.10. The van der Waals surface area contributed by atoms with E-state index in [-0.39, 0.29) is 0 Å². The molecule has 2 nitrogen and oxygen atoms in total. The quantitative estimate of drug-likeness (QED) is 0.201. The number of hydrogen-bond donors (Lipinski definition) is 0. The lowest BCUT2D eigenvalue weighted by Crippen LogP contribution is -2.15. The van der Waals surface area contributed by atoms with Gasteiger partial charge in [0.15, 0.2) is 0 Å². The van der Waals surface area contributed by atoms with E-state index >= 15 is 0 Å². The van der Waals surface area contributed by atoms with Crippen molar-refractivity contribution in [2.24, 2.45) is 0 Å². The second-order valence-electron chi connectivity index (χ2n) is 11.4. The van der Waals surface area contributed by atoms with E-state index in [1.807, 2.05) is 11.8 Å². The van der Waals surface area contributed by atoms with Crippen LogP contribution in [-0.2, 0) is 0 Å². The van der Waals surface area contributed by atoms with Crippen LogP contribution in [0.3, 0.4) is 0 Å². The van der Waals surface area contributed by atoms with Gasteiger partial charge in [0.05, 0.1) is 27.3 Å². The first-order valence-corrected chi connectivity index (χ1v) is 16.1. The van der Waals surface area contributed by atoms with Gasteiger partial charge in [0.1, 0.15) is 0 Å². The SMILES string of the molecule is c1ccc(-c2ccc(N3c4ccccc4Sc4c3ccc3c5ccccc5n(-c5cccc(-c6ccccc6)c5)c43)cc2)cc1. The Labute approximate surface area is 266 Å². The fourth-order valence-corrected chi connectivity index (χ4v) is 7.89. The Morgan fingerprint density at radius 3 is 1.84 bits per heavy atom. The van der Waals surface area contributed by atoms with Gasteiger partial charge in [0, 0.05) is 27.0 Å². The molecule has 3 heteroatoms. The molecule has 0 saturated heterocycles. The normalized spacial score (nSPS) is 12.3. The van der Waals surface area contributed by atoms with Crippen molar-refractivity contribution >= 4 is 50.6 Å². The van der Waals surface area contributed by atoms with E-state index < -0.39 is 0 Å². The van der Waals surface area contributed by atoms with Crippen molar-refractivity contribution < 1.29 is 0 Å². The van der Waals surface area contributed by atoms with Crippen molar-refractivity contribution in [3.05, 3.63) is 170 Å². The molecule has 7 aromatic carbocycles. The van der Waals surface area contributed by atoms with Crippen molar-refractivity contribution in [1.82, 2.24) is 4.57 Å². The molecule has 9 rings (SSSR count). The largest absolute Gasteiger partial charge is 0.308 e. The van der Waals surface area contributed by atoms with E-state index in [4.69, 9.17) is 0 Å². The molecular weight excluding hydrogens is 565 g/mol. The third-order valence-corrected chi connectivity index (χ3v) is 9.94. The van der Waals surface area contributed by atoms with Crippen LogP contribution in [0.15, 0.2) is 180 Å². The first kappa shape index (κ1) is 25.9. The molecule has 0 spiro atoms. The molecule has 0 fully saturated rings. The summed E-state index contributed by atoms with van der Waals surface area (Å²) in [6.45, 7) is 0. The molecule has 0 amide bonds. The number of hydrogen-bond acceptors (Lipinski definition) is 2. The summed E-state index contributed by atoms with van der Waals surface area (Å²) in [6.07, 6.45) is 0. The molecule has 0 unspecified atom stereocenters. The van der Waals surface area contributed by atoms with Gasteiger partial charge >= 0.3 is 0 Å². The summed E-state index contributed by atoms with van der Waals surface area (Å²) in [4.78, 5) is 4.94. The van der Waals surface area contributed by atoms with E-state index in [1.165, 1.54) is 65.2 Å². The number of benzene rings is 7. The summed E-state index contributed by atoms with van der Waals surface area (Å²) in [7, 11) is 0. The zero-order valence-electron chi connectivity index (χ0n) is 24.5. The third-order valence-electron chi connectivity index (χ3n) is 8.77. The Hall–Kier alpha value is -5.51. The van der Waals surface area contributed by atoms with Crippen LogP contribution in [0.4, 0.5) is 17.1 Å². The highest BCUT2D eigenvalue weighted by Gasteiger charge is 2.29. The second-order valence-corrected chi connectivity index (χ2v) is 12.4. The Morgan fingerprint density at radius 2 is 1.04 bits per heavy atom. The minimum Gasteiger partial charge on any atom is -0.308 e. The molecule has 0 saturated carbocycles. The van der Waals surface area contributed by atoms with Gasteiger partial charge in [-0.25, -0.2) is 0 Å². The Balaban J connectivity index is 1.28. The minimum absolute atomic E-state index is 1.15. The van der Waals surface area contributed by atoms with Gasteiger partial charge in [-0.2, -0.15) is 0 Å². The molecule has 8 aromatic rings. The van der Waals surface area contributed by atoms with Crippen LogP contribution in [0.2, 0.25) is 0 Å². The van der Waals surface area contributed by atoms with Crippen molar-refractivity contribution in [1.29, 1.82) is 0 Å². The van der Waals surface area contributed by atoms with E-state index in [2.05, 4.69) is 179 Å². The molecular formula is C42H28N2S. The summed E-state index contributed by atoms with van der Waals surface area (Å²) in [5, 5.41) is 2.53. The molecule has 0 aliphatic carbocycles. The fourth-order valence-electron chi connectivity index (χ4n) is 6.70. The summed E-state index contributed by atoms with van der Waals surface area (Å²) >= 11 is 1.87. The number of fused-ring (bicyclic) bond motifs is 6. The van der Waals surface area contributed by atoms with Gasteiger partial charge in [0.2, 0.25) is 0 Å². The summed E-state index contributed by atoms with van der Waals surface area (Å²) in [5.41, 5.74) is 12.0. The molecule has 45 heavy (non-hydrogen) atoms. The molecule has 1 aromatic heterocycles. The van der Waals surface area contributed by atoms with Crippen molar-refractivity contribution in [3.8, 4) is 27.9 Å². The number of nitrogens with zero attached hydrogens (tertiary/aromatic N) is 2. The van der Waals surface area contributed by atoms with Crippen LogP contribution < -0.4 is 4.90 Å². The predicted molar refractivity (Wildman–Crippen MR) is 190 cm³/mol. The highest BCUT2D eigenvalue weighted by atomic mass is 32.2. The lowest BCUT2D eigenvalue weighted by atomic mass is 10.0. The first-order chi connectivity index (χ1) is 22.3. The van der Waals surface area contributed by atoms with Crippen molar-refractivity contribution in [2.75, 3.05) is 4.90 Å². The molecule has 0 radical (unpaired) electrons. The van der Waals surface area contributed by atoms with Gasteiger partial charge in [0.25, 0.3) is 0 Å². The molecule has 0 N–H and O–H groups in total. The van der Waals surface area contributed by atoms with Gasteiger partial charge in [-0.05, 0) is 70.8 Å². The number of anilines is 3. The number of rotatable bonds is 4. The number of para-hydroxylation sites is 2. The molecule has 0 atom stereocenters. The van der Waals surface area contributed by atoms with Gasteiger partial charge in [-0.3, -0.25) is 0 Å². The topological polar surface area (TPSA) is 8.17 Å².